The Morgan fingerprint density at radius 2 is 1.36 bits per heavy atom. The highest BCUT2D eigenvalue weighted by atomic mass is 16.5. The molecule has 33 heavy (non-hydrogen) atoms. The van der Waals surface area contributed by atoms with Crippen LogP contribution in [-0.4, -0.2) is 22.6 Å². The van der Waals surface area contributed by atoms with E-state index < -0.39 is 5.54 Å². The summed E-state index contributed by atoms with van der Waals surface area (Å²) in [5.41, 5.74) is 3.81. The molecule has 4 aromatic rings. The average molecular weight is 437 g/mol. The lowest BCUT2D eigenvalue weighted by molar-refractivity contribution is -0.142. The third-order valence-electron chi connectivity index (χ3n) is 7.02. The summed E-state index contributed by atoms with van der Waals surface area (Å²) in [6, 6.07) is 31.6. The van der Waals surface area contributed by atoms with Gasteiger partial charge in [0, 0.05) is 12.1 Å². The summed E-state index contributed by atoms with van der Waals surface area (Å²) in [4.78, 5) is 17.2. The van der Waals surface area contributed by atoms with Crippen LogP contribution in [0.15, 0.2) is 104 Å². The van der Waals surface area contributed by atoms with Crippen molar-refractivity contribution >= 4 is 5.97 Å². The van der Waals surface area contributed by atoms with Gasteiger partial charge in [0.25, 0.3) is 0 Å². The number of imidazole rings is 1. The van der Waals surface area contributed by atoms with E-state index in [1.807, 2.05) is 24.5 Å². The lowest BCUT2D eigenvalue weighted by atomic mass is 9.77. The monoisotopic (exact) mass is 436 g/mol. The Hall–Kier alpha value is -3.66. The average Bonchev–Trinajstić information content (AvgIpc) is 3.43. The van der Waals surface area contributed by atoms with Gasteiger partial charge in [0.1, 0.15) is 5.54 Å². The summed E-state index contributed by atoms with van der Waals surface area (Å²) in [5.74, 6) is 0.133. The van der Waals surface area contributed by atoms with E-state index in [9.17, 15) is 4.79 Å². The summed E-state index contributed by atoms with van der Waals surface area (Å²) < 4.78 is 7.28. The molecule has 1 aromatic heterocycles. The second-order valence-electron chi connectivity index (χ2n) is 8.66. The van der Waals surface area contributed by atoms with Gasteiger partial charge in [-0.05, 0) is 22.6 Å². The minimum absolute atomic E-state index is 0.101. The minimum atomic E-state index is -0.591. The van der Waals surface area contributed by atoms with Crippen LogP contribution in [0.25, 0.3) is 0 Å². The number of hydrogen-bond donors (Lipinski definition) is 0. The first-order chi connectivity index (χ1) is 16.2. The Morgan fingerprint density at radius 3 is 1.79 bits per heavy atom. The number of hydrogen-bond acceptors (Lipinski definition) is 3. The van der Waals surface area contributed by atoms with Crippen LogP contribution >= 0.6 is 0 Å². The van der Waals surface area contributed by atoms with Crippen molar-refractivity contribution in [3.05, 3.63) is 126 Å². The second-order valence-corrected chi connectivity index (χ2v) is 8.66. The van der Waals surface area contributed by atoms with Gasteiger partial charge < -0.3 is 9.30 Å². The van der Waals surface area contributed by atoms with Crippen molar-refractivity contribution < 1.29 is 9.53 Å². The van der Waals surface area contributed by atoms with Crippen molar-refractivity contribution in [1.82, 2.24) is 9.55 Å². The summed E-state index contributed by atoms with van der Waals surface area (Å²) in [6.45, 7) is 2.12. The summed E-state index contributed by atoms with van der Waals surface area (Å²) in [7, 11) is 1.47. The molecular formula is C29H28N2O2. The summed E-state index contributed by atoms with van der Waals surface area (Å²) in [6.07, 6.45) is 4.98. The number of benzene rings is 3. The van der Waals surface area contributed by atoms with Crippen LogP contribution in [0.1, 0.15) is 41.6 Å². The van der Waals surface area contributed by atoms with Crippen LogP contribution in [0.4, 0.5) is 0 Å². The van der Waals surface area contributed by atoms with Crippen molar-refractivity contribution in [2.75, 3.05) is 7.11 Å². The normalized spacial score (nSPS) is 19.8. The molecule has 0 N–H and O–H groups in total. The van der Waals surface area contributed by atoms with Crippen molar-refractivity contribution in [2.45, 2.75) is 24.8 Å². The predicted molar refractivity (Wildman–Crippen MR) is 129 cm³/mol. The Bertz CT molecular complexity index is 1120. The maximum atomic E-state index is 12.3. The zero-order valence-corrected chi connectivity index (χ0v) is 19.0. The van der Waals surface area contributed by atoms with Gasteiger partial charge in [-0.3, -0.25) is 4.79 Å². The molecule has 1 saturated carbocycles. The van der Waals surface area contributed by atoms with Crippen LogP contribution in [0.3, 0.4) is 0 Å². The quantitative estimate of drug-likeness (QED) is 0.278. The zero-order valence-electron chi connectivity index (χ0n) is 19.0. The molecule has 1 fully saturated rings. The predicted octanol–water partition coefficient (Wildman–Crippen LogP) is 5.64. The summed E-state index contributed by atoms with van der Waals surface area (Å²) in [5, 5.41) is 0. The number of rotatable bonds is 7. The van der Waals surface area contributed by atoms with Crippen molar-refractivity contribution in [2.24, 2.45) is 11.8 Å². The van der Waals surface area contributed by atoms with Crippen LogP contribution in [0, 0.1) is 11.8 Å². The minimum Gasteiger partial charge on any atom is -0.469 e. The fraction of sp³-hybridized carbons (Fsp3) is 0.241. The van der Waals surface area contributed by atoms with E-state index in [1.54, 1.807) is 0 Å². The molecule has 5 rings (SSSR count). The van der Waals surface area contributed by atoms with E-state index in [2.05, 4.69) is 90.5 Å². The lowest BCUT2D eigenvalue weighted by Gasteiger charge is -2.37. The molecule has 1 aliphatic rings. The fourth-order valence-corrected chi connectivity index (χ4v) is 5.42. The molecule has 0 amide bonds. The highest BCUT2D eigenvalue weighted by Crippen LogP contribution is 2.56. The molecule has 166 valence electrons. The number of nitrogens with zero attached hydrogens (tertiary/aromatic N) is 2. The van der Waals surface area contributed by atoms with Crippen LogP contribution < -0.4 is 0 Å². The molecule has 4 heteroatoms. The standard InChI is InChI=1S/C29H28N2O2/c1-3-24-26(27(24)28(32)33-2)25-19-31(20-30-25)29(21-13-7-4-8-14-21,22-15-9-5-10-16-22)23-17-11-6-12-18-23/h4-20,24,26-27H,3H2,1-2H3/t24-,26+,27+/m0/s1. The number of esters is 1. The highest BCUT2D eigenvalue weighted by molar-refractivity contribution is 5.78. The van der Waals surface area contributed by atoms with Gasteiger partial charge in [-0.15, -0.1) is 0 Å². The van der Waals surface area contributed by atoms with Gasteiger partial charge >= 0.3 is 5.97 Å². The SMILES string of the molecule is CC[C@@H]1[C@@H](C(=O)OC)[C@H]1c1cn(C(c2ccccc2)(c2ccccc2)c2ccccc2)cn1. The zero-order chi connectivity index (χ0) is 22.8. The van der Waals surface area contributed by atoms with Gasteiger partial charge in [-0.2, -0.15) is 0 Å². The molecule has 4 nitrogen and oxygen atoms in total. The van der Waals surface area contributed by atoms with Crippen molar-refractivity contribution in [1.29, 1.82) is 0 Å². The van der Waals surface area contributed by atoms with Crippen LogP contribution in [-0.2, 0) is 15.1 Å². The van der Waals surface area contributed by atoms with Crippen LogP contribution in [0.2, 0.25) is 0 Å². The summed E-state index contributed by atoms with van der Waals surface area (Å²) >= 11 is 0. The van der Waals surface area contributed by atoms with Gasteiger partial charge in [0.2, 0.25) is 0 Å². The highest BCUT2D eigenvalue weighted by Gasteiger charge is 2.56. The Morgan fingerprint density at radius 1 is 0.879 bits per heavy atom. The van der Waals surface area contributed by atoms with Crippen molar-refractivity contribution in [3.63, 3.8) is 0 Å². The Kier molecular flexibility index (Phi) is 5.59. The van der Waals surface area contributed by atoms with Crippen molar-refractivity contribution in [3.8, 4) is 0 Å². The van der Waals surface area contributed by atoms with Gasteiger partial charge in [0.05, 0.1) is 25.0 Å². The molecule has 0 aliphatic heterocycles. The fourth-order valence-electron chi connectivity index (χ4n) is 5.42. The molecule has 3 atom stereocenters. The molecule has 1 aliphatic carbocycles. The largest absolute Gasteiger partial charge is 0.469 e. The molecule has 0 radical (unpaired) electrons. The van der Waals surface area contributed by atoms with Gasteiger partial charge in [-0.25, -0.2) is 4.98 Å². The molecule has 1 heterocycles. The molecule has 0 spiro atoms. The van der Waals surface area contributed by atoms with E-state index in [1.165, 1.54) is 7.11 Å². The number of ether oxygens (including phenoxy) is 1. The number of carbonyl (C=O) groups excluding carboxylic acids is 1. The smallest absolute Gasteiger partial charge is 0.309 e. The molecule has 0 saturated heterocycles. The van der Waals surface area contributed by atoms with Gasteiger partial charge in [0.15, 0.2) is 0 Å². The molecular weight excluding hydrogens is 408 g/mol. The molecule has 3 aromatic carbocycles. The van der Waals surface area contributed by atoms with Crippen LogP contribution in [0.5, 0.6) is 0 Å². The van der Waals surface area contributed by atoms with E-state index in [4.69, 9.17) is 9.72 Å². The first-order valence-electron chi connectivity index (χ1n) is 11.5. The first-order valence-corrected chi connectivity index (χ1v) is 11.5. The topological polar surface area (TPSA) is 44.1 Å². The maximum Gasteiger partial charge on any atom is 0.309 e. The van der Waals surface area contributed by atoms with E-state index >= 15 is 0 Å². The van der Waals surface area contributed by atoms with E-state index in [0.29, 0.717) is 0 Å². The maximum absolute atomic E-state index is 12.3. The third kappa shape index (κ3) is 3.46. The van der Waals surface area contributed by atoms with Gasteiger partial charge in [-0.1, -0.05) is 104 Å². The van der Waals surface area contributed by atoms with E-state index in [-0.39, 0.29) is 23.7 Å². The number of aromatic nitrogens is 2. The first kappa shape index (κ1) is 21.2. The number of methoxy groups -OCH3 is 1. The third-order valence-corrected chi connectivity index (χ3v) is 7.02. The molecule has 0 unspecified atom stereocenters. The molecule has 0 bridgehead atoms. The lowest BCUT2D eigenvalue weighted by Crippen LogP contribution is -2.36. The van der Waals surface area contributed by atoms with E-state index in [0.717, 1.165) is 28.8 Å². The Balaban J connectivity index is 1.71. The second kappa shape index (κ2) is 8.70. The Labute approximate surface area is 194 Å². The number of carbonyl (C=O) groups is 1.